The van der Waals surface area contributed by atoms with E-state index in [1.807, 2.05) is 67.3 Å². The molecule has 0 spiro atoms. The number of H-pyrrole nitrogens is 2. The number of alkyl carbamates (subject to hydrolysis) is 1. The fourth-order valence-corrected chi connectivity index (χ4v) is 8.34. The number of imidazole rings is 2. The molecule has 61 heavy (non-hydrogen) atoms. The second-order valence-corrected chi connectivity index (χ2v) is 16.0. The monoisotopic (exact) mass is 824 g/mol. The minimum atomic E-state index is -0.685. The van der Waals surface area contributed by atoms with Gasteiger partial charge < -0.3 is 34.6 Å². The van der Waals surface area contributed by atoms with Crippen LogP contribution in [0.25, 0.3) is 44.4 Å². The van der Waals surface area contributed by atoms with Crippen LogP contribution in [0.3, 0.4) is 0 Å². The fraction of sp³-hybridized carbons (Fsp3) is 0.354. The summed E-state index contributed by atoms with van der Waals surface area (Å²) in [5, 5.41) is 8.11. The molecule has 13 heteroatoms. The second-order valence-electron chi connectivity index (χ2n) is 16.0. The number of carbonyl (C=O) groups is 3. The minimum Gasteiger partial charge on any atom is -0.453 e. The first kappa shape index (κ1) is 42.8. The Balaban J connectivity index is 1.02. The van der Waals surface area contributed by atoms with Crippen molar-refractivity contribution >= 4 is 28.7 Å². The van der Waals surface area contributed by atoms with Gasteiger partial charge in [-0.2, -0.15) is 0 Å². The van der Waals surface area contributed by atoms with Crippen molar-refractivity contribution in [2.45, 2.75) is 70.6 Å². The zero-order valence-corrected chi connectivity index (χ0v) is 35.6. The van der Waals surface area contributed by atoms with Crippen LogP contribution in [0, 0.1) is 5.92 Å². The highest BCUT2D eigenvalue weighted by Gasteiger charge is 2.38. The molecule has 7 rings (SSSR count). The number of hydrogen-bond donors (Lipinski definition) is 4. The summed E-state index contributed by atoms with van der Waals surface area (Å²) in [6.45, 7) is 11.4. The SMILES string of the molecule is C=C(/C=C\C=C/C)[C@@H](NCOC)C(=O)N1CCC[C@H]1c1ncc(-c2ccc(-c3ccc4cc(-c5cnc([C@@H]6CCCN6C(=O)[C@@H](NC(=O)OC)C(C)C)[nH]5)ccc4c3)cc2)[nH]1. The third kappa shape index (κ3) is 9.53. The van der Waals surface area contributed by atoms with Crippen LogP contribution < -0.4 is 10.6 Å². The molecule has 2 aromatic heterocycles. The van der Waals surface area contributed by atoms with Gasteiger partial charge in [-0.25, -0.2) is 14.8 Å². The predicted molar refractivity (Wildman–Crippen MR) is 238 cm³/mol. The largest absolute Gasteiger partial charge is 0.453 e. The van der Waals surface area contributed by atoms with Gasteiger partial charge >= 0.3 is 6.09 Å². The van der Waals surface area contributed by atoms with Crippen molar-refractivity contribution in [1.29, 1.82) is 0 Å². The molecule has 0 saturated carbocycles. The normalized spacial score (nSPS) is 17.8. The number of fused-ring (bicyclic) bond motifs is 1. The lowest BCUT2D eigenvalue weighted by atomic mass is 9.98. The molecule has 2 fully saturated rings. The van der Waals surface area contributed by atoms with Gasteiger partial charge in [0.15, 0.2) is 0 Å². The Kier molecular flexibility index (Phi) is 13.6. The third-order valence-electron chi connectivity index (χ3n) is 11.6. The summed E-state index contributed by atoms with van der Waals surface area (Å²) in [4.78, 5) is 59.7. The van der Waals surface area contributed by atoms with Gasteiger partial charge in [0, 0.05) is 25.8 Å². The topological polar surface area (TPSA) is 158 Å². The Morgan fingerprint density at radius 2 is 1.36 bits per heavy atom. The number of ether oxygens (including phenoxy) is 2. The summed E-state index contributed by atoms with van der Waals surface area (Å²) in [6.07, 6.45) is 14.0. The Hall–Kier alpha value is -6.31. The number of nitrogens with one attached hydrogen (secondary N) is 4. The van der Waals surface area contributed by atoms with Crippen molar-refractivity contribution < 1.29 is 23.9 Å². The molecule has 3 aromatic carbocycles. The van der Waals surface area contributed by atoms with E-state index >= 15 is 0 Å². The zero-order valence-electron chi connectivity index (χ0n) is 35.6. The highest BCUT2D eigenvalue weighted by molar-refractivity contribution is 5.91. The Labute approximate surface area is 357 Å². The number of likely N-dealkylation sites (tertiary alicyclic amines) is 2. The molecule has 5 aromatic rings. The average Bonchev–Trinajstić information content (AvgIpc) is 4.12. The van der Waals surface area contributed by atoms with Crippen LogP contribution in [0.4, 0.5) is 4.79 Å². The number of carbonyl (C=O) groups excluding carboxylic acids is 3. The van der Waals surface area contributed by atoms with E-state index < -0.39 is 18.2 Å². The molecule has 0 radical (unpaired) electrons. The molecule has 0 aliphatic carbocycles. The van der Waals surface area contributed by atoms with Gasteiger partial charge in [0.1, 0.15) is 23.7 Å². The maximum Gasteiger partial charge on any atom is 0.407 e. The number of aromatic amines is 2. The highest BCUT2D eigenvalue weighted by atomic mass is 16.5. The summed E-state index contributed by atoms with van der Waals surface area (Å²) < 4.78 is 10.0. The van der Waals surface area contributed by atoms with Gasteiger partial charge in [-0.05, 0) is 83.7 Å². The van der Waals surface area contributed by atoms with Crippen molar-refractivity contribution in [3.63, 3.8) is 0 Å². The Bertz CT molecular complexity index is 2410. The molecule has 4 atom stereocenters. The Morgan fingerprint density at radius 3 is 1.95 bits per heavy atom. The van der Waals surface area contributed by atoms with E-state index in [9.17, 15) is 14.4 Å². The van der Waals surface area contributed by atoms with E-state index in [2.05, 4.69) is 87.8 Å². The molecular weight excluding hydrogens is 769 g/mol. The molecule has 0 unspecified atom stereocenters. The van der Waals surface area contributed by atoms with Crippen molar-refractivity contribution in [3.05, 3.63) is 121 Å². The van der Waals surface area contributed by atoms with E-state index in [0.29, 0.717) is 18.7 Å². The molecule has 2 aliphatic rings. The maximum atomic E-state index is 13.9. The van der Waals surface area contributed by atoms with Gasteiger partial charge in [0.25, 0.3) is 0 Å². The number of methoxy groups -OCH3 is 2. The third-order valence-corrected chi connectivity index (χ3v) is 11.6. The fourth-order valence-electron chi connectivity index (χ4n) is 8.34. The molecule has 4 heterocycles. The van der Waals surface area contributed by atoms with Crippen LogP contribution in [-0.4, -0.2) is 93.8 Å². The van der Waals surface area contributed by atoms with Crippen molar-refractivity contribution in [1.82, 2.24) is 40.4 Å². The van der Waals surface area contributed by atoms with Gasteiger partial charge in [0.2, 0.25) is 11.8 Å². The quantitative estimate of drug-likeness (QED) is 0.0608. The van der Waals surface area contributed by atoms with Gasteiger partial charge in [-0.3, -0.25) is 14.9 Å². The van der Waals surface area contributed by atoms with E-state index in [1.54, 1.807) is 7.11 Å². The van der Waals surface area contributed by atoms with E-state index in [1.165, 1.54) is 7.11 Å². The van der Waals surface area contributed by atoms with Gasteiger partial charge in [-0.1, -0.05) is 93.3 Å². The van der Waals surface area contributed by atoms with E-state index in [-0.39, 0.29) is 36.5 Å². The van der Waals surface area contributed by atoms with E-state index in [0.717, 1.165) is 81.7 Å². The zero-order chi connectivity index (χ0) is 43.0. The number of benzene rings is 3. The number of nitrogens with zero attached hydrogens (tertiary/aromatic N) is 4. The summed E-state index contributed by atoms with van der Waals surface area (Å²) in [7, 11) is 2.89. The summed E-state index contributed by atoms with van der Waals surface area (Å²) >= 11 is 0. The first-order valence-corrected chi connectivity index (χ1v) is 21.0. The molecule has 0 bridgehead atoms. The molecule has 3 amide bonds. The van der Waals surface area contributed by atoms with Crippen molar-refractivity contribution in [2.75, 3.05) is 34.0 Å². The summed E-state index contributed by atoms with van der Waals surface area (Å²) in [5.41, 5.74) is 6.64. The number of hydrogen-bond acceptors (Lipinski definition) is 8. The molecule has 13 nitrogen and oxygen atoms in total. The lowest BCUT2D eigenvalue weighted by Gasteiger charge is -2.30. The number of rotatable bonds is 15. The minimum absolute atomic E-state index is 0.0483. The lowest BCUT2D eigenvalue weighted by molar-refractivity contribution is -0.135. The summed E-state index contributed by atoms with van der Waals surface area (Å²) in [5.74, 6) is 1.22. The number of amides is 3. The number of allylic oxidation sites excluding steroid dienone is 3. The Morgan fingerprint density at radius 1 is 0.803 bits per heavy atom. The first-order valence-electron chi connectivity index (χ1n) is 21.0. The predicted octanol–water partition coefficient (Wildman–Crippen LogP) is 8.25. The number of aromatic nitrogens is 4. The van der Waals surface area contributed by atoms with Crippen LogP contribution in [0.1, 0.15) is 70.2 Å². The van der Waals surface area contributed by atoms with Crippen LogP contribution in [-0.2, 0) is 19.1 Å². The highest BCUT2D eigenvalue weighted by Crippen LogP contribution is 2.36. The first-order chi connectivity index (χ1) is 29.6. The van der Waals surface area contributed by atoms with Gasteiger partial charge in [-0.15, -0.1) is 0 Å². The van der Waals surface area contributed by atoms with Crippen LogP contribution >= 0.6 is 0 Å². The maximum absolute atomic E-state index is 13.9. The molecule has 2 aliphatic heterocycles. The van der Waals surface area contributed by atoms with Crippen LogP contribution in [0.5, 0.6) is 0 Å². The lowest BCUT2D eigenvalue weighted by Crippen LogP contribution is -2.51. The van der Waals surface area contributed by atoms with Crippen molar-refractivity contribution in [2.24, 2.45) is 5.92 Å². The standard InChI is InChI=1S/C48H56N8O5/c1-7-8-9-12-31(4)43(51-29-60-5)47(58)56-24-11-14-41(56)44-49-27-38(52-44)33-17-15-32(16-18-33)34-19-20-36-26-37(22-21-35(36)25-34)39-28-50-45(53-39)40-13-10-23-55(40)46(57)42(30(2)3)54-48(59)61-6/h7-9,12,15-22,25-28,30,40-43,51H,4,10-11,13-14,23-24,29H2,1-3,5-6H3,(H,49,52)(H,50,53)(H,54,59)/b8-7-,12-9-/t40-,41-,42-,43+/m0/s1. The van der Waals surface area contributed by atoms with Crippen LogP contribution in [0.15, 0.2) is 110 Å². The van der Waals surface area contributed by atoms with E-state index in [4.69, 9.17) is 19.4 Å². The summed E-state index contributed by atoms with van der Waals surface area (Å²) in [6, 6.07) is 19.6. The van der Waals surface area contributed by atoms with Crippen LogP contribution in [0.2, 0.25) is 0 Å². The molecular formula is C48H56N8O5. The smallest absolute Gasteiger partial charge is 0.407 e. The average molecular weight is 825 g/mol. The van der Waals surface area contributed by atoms with Crippen molar-refractivity contribution in [3.8, 4) is 33.6 Å². The van der Waals surface area contributed by atoms with Gasteiger partial charge in [0.05, 0.1) is 49.7 Å². The molecule has 318 valence electrons. The molecule has 2 saturated heterocycles. The second kappa shape index (κ2) is 19.4. The molecule has 4 N–H and O–H groups in total.